The Morgan fingerprint density at radius 3 is 2.15 bits per heavy atom. The number of primary amides is 1. The van der Waals surface area contributed by atoms with Crippen molar-refractivity contribution in [3.05, 3.63) is 0 Å². The number of nitrogens with two attached hydrogens (primary N) is 1. The van der Waals surface area contributed by atoms with Gasteiger partial charge in [-0.3, -0.25) is 4.79 Å². The zero-order chi connectivity index (χ0) is 10.1. The van der Waals surface area contributed by atoms with E-state index in [9.17, 15) is 18.0 Å². The third-order valence-corrected chi connectivity index (χ3v) is 1.59. The van der Waals surface area contributed by atoms with E-state index in [1.807, 2.05) is 0 Å². The predicted molar refractivity (Wildman–Crippen MR) is 34.5 cm³/mol. The Balaban J connectivity index is 2.81. The summed E-state index contributed by atoms with van der Waals surface area (Å²) in [5, 5.41) is 0. The molecule has 1 aliphatic heterocycles. The van der Waals surface area contributed by atoms with E-state index in [2.05, 4.69) is 15.2 Å². The van der Waals surface area contributed by atoms with Gasteiger partial charge in [-0.25, -0.2) is 0 Å². The van der Waals surface area contributed by atoms with Crippen molar-refractivity contribution in [2.24, 2.45) is 5.73 Å². The number of halogens is 3. The first-order valence-electron chi connectivity index (χ1n) is 3.50. The molecule has 0 atom stereocenters. The minimum absolute atomic E-state index is 0.188. The van der Waals surface area contributed by atoms with Gasteiger partial charge in [0, 0.05) is 0 Å². The SMILES string of the molecule is NC(=O)CC1(C(F)(F)F)OCCO1. The minimum atomic E-state index is -4.74. The predicted octanol–water partition coefficient (Wildman–Crippen LogP) is 0.167. The smallest absolute Gasteiger partial charge is 0.369 e. The molecule has 0 aromatic rings. The van der Waals surface area contributed by atoms with Gasteiger partial charge in [0.2, 0.25) is 5.91 Å². The van der Waals surface area contributed by atoms with Crippen LogP contribution in [0.1, 0.15) is 6.42 Å². The van der Waals surface area contributed by atoms with Crippen LogP contribution in [0.5, 0.6) is 0 Å². The second-order valence-electron chi connectivity index (χ2n) is 2.59. The van der Waals surface area contributed by atoms with Gasteiger partial charge in [0.1, 0.15) is 0 Å². The Morgan fingerprint density at radius 1 is 1.38 bits per heavy atom. The highest BCUT2D eigenvalue weighted by Crippen LogP contribution is 2.39. The second kappa shape index (κ2) is 3.15. The van der Waals surface area contributed by atoms with Crippen LogP contribution in [0.3, 0.4) is 0 Å². The monoisotopic (exact) mass is 199 g/mol. The number of hydrogen-bond donors (Lipinski definition) is 1. The summed E-state index contributed by atoms with van der Waals surface area (Å²) in [5.74, 6) is -3.93. The summed E-state index contributed by atoms with van der Waals surface area (Å²) >= 11 is 0. The number of hydrogen-bond acceptors (Lipinski definition) is 3. The summed E-state index contributed by atoms with van der Waals surface area (Å²) in [5.41, 5.74) is 4.66. The fourth-order valence-corrected chi connectivity index (χ4v) is 1.05. The maximum absolute atomic E-state index is 12.3. The fraction of sp³-hybridized carbons (Fsp3) is 0.833. The lowest BCUT2D eigenvalue weighted by atomic mass is 10.2. The molecule has 1 amide bonds. The van der Waals surface area contributed by atoms with Gasteiger partial charge >= 0.3 is 6.18 Å². The average Bonchev–Trinajstić information content (AvgIpc) is 2.33. The van der Waals surface area contributed by atoms with Crippen molar-refractivity contribution in [2.75, 3.05) is 13.2 Å². The lowest BCUT2D eigenvalue weighted by Gasteiger charge is -2.27. The van der Waals surface area contributed by atoms with Crippen LogP contribution in [0.2, 0.25) is 0 Å². The molecule has 1 saturated heterocycles. The molecule has 0 bridgehead atoms. The van der Waals surface area contributed by atoms with E-state index in [1.54, 1.807) is 0 Å². The summed E-state index contributed by atoms with van der Waals surface area (Å²) in [6.45, 7) is -0.375. The maximum atomic E-state index is 12.3. The first kappa shape index (κ1) is 10.3. The van der Waals surface area contributed by atoms with E-state index >= 15 is 0 Å². The molecule has 2 N–H and O–H groups in total. The molecular weight excluding hydrogens is 191 g/mol. The van der Waals surface area contributed by atoms with Crippen molar-refractivity contribution in [3.63, 3.8) is 0 Å². The molecule has 1 aliphatic rings. The van der Waals surface area contributed by atoms with Gasteiger partial charge in [-0.1, -0.05) is 0 Å². The fourth-order valence-electron chi connectivity index (χ4n) is 1.05. The third kappa shape index (κ3) is 1.92. The van der Waals surface area contributed by atoms with Gasteiger partial charge in [0.15, 0.2) is 0 Å². The number of rotatable bonds is 2. The highest BCUT2D eigenvalue weighted by Gasteiger charge is 2.60. The molecule has 0 aromatic carbocycles. The van der Waals surface area contributed by atoms with E-state index in [0.29, 0.717) is 0 Å². The van der Waals surface area contributed by atoms with E-state index in [1.165, 1.54) is 0 Å². The van der Waals surface area contributed by atoms with Gasteiger partial charge in [-0.15, -0.1) is 0 Å². The highest BCUT2D eigenvalue weighted by molar-refractivity contribution is 5.74. The van der Waals surface area contributed by atoms with Gasteiger partial charge in [-0.2, -0.15) is 13.2 Å². The largest absolute Gasteiger partial charge is 0.443 e. The lowest BCUT2D eigenvalue weighted by Crippen LogP contribution is -2.49. The van der Waals surface area contributed by atoms with Crippen LogP contribution in [0, 0.1) is 0 Å². The molecule has 1 rings (SSSR count). The van der Waals surface area contributed by atoms with Gasteiger partial charge in [0.25, 0.3) is 5.79 Å². The van der Waals surface area contributed by atoms with Crippen LogP contribution in [-0.4, -0.2) is 31.1 Å². The molecule has 0 aromatic heterocycles. The number of ether oxygens (including phenoxy) is 2. The molecule has 0 aliphatic carbocycles. The average molecular weight is 199 g/mol. The van der Waals surface area contributed by atoms with Crippen LogP contribution >= 0.6 is 0 Å². The van der Waals surface area contributed by atoms with Crippen molar-refractivity contribution in [3.8, 4) is 0 Å². The summed E-state index contributed by atoms with van der Waals surface area (Å²) in [6.07, 6.45) is -5.74. The Labute approximate surface area is 71.8 Å². The van der Waals surface area contributed by atoms with Gasteiger partial charge < -0.3 is 15.2 Å². The normalized spacial score (nSPS) is 21.8. The third-order valence-electron chi connectivity index (χ3n) is 1.59. The molecule has 1 heterocycles. The molecule has 0 radical (unpaired) electrons. The molecule has 0 saturated carbocycles. The standard InChI is InChI=1S/C6H8F3NO3/c7-6(8,9)5(3-4(10)11)12-1-2-13-5/h1-3H2,(H2,10,11). The number of carbonyl (C=O) groups excluding carboxylic acids is 1. The van der Waals surface area contributed by atoms with Crippen molar-refractivity contribution in [1.29, 1.82) is 0 Å². The first-order chi connectivity index (χ1) is 5.87. The molecule has 76 valence electrons. The van der Waals surface area contributed by atoms with Crippen LogP contribution in [0.4, 0.5) is 13.2 Å². The van der Waals surface area contributed by atoms with Crippen LogP contribution in [-0.2, 0) is 14.3 Å². The topological polar surface area (TPSA) is 61.6 Å². The van der Waals surface area contributed by atoms with E-state index in [0.717, 1.165) is 0 Å². The molecule has 4 nitrogen and oxygen atoms in total. The number of alkyl halides is 3. The molecule has 7 heteroatoms. The van der Waals surface area contributed by atoms with Crippen LogP contribution < -0.4 is 5.73 Å². The number of amides is 1. The Kier molecular flexibility index (Phi) is 2.49. The zero-order valence-electron chi connectivity index (χ0n) is 6.56. The van der Waals surface area contributed by atoms with E-state index in [4.69, 9.17) is 0 Å². The Hall–Kier alpha value is -0.820. The second-order valence-corrected chi connectivity index (χ2v) is 2.59. The Bertz CT molecular complexity index is 210. The van der Waals surface area contributed by atoms with Crippen molar-refractivity contribution >= 4 is 5.91 Å². The van der Waals surface area contributed by atoms with Crippen molar-refractivity contribution < 1.29 is 27.4 Å². The van der Waals surface area contributed by atoms with E-state index in [-0.39, 0.29) is 13.2 Å². The molecule has 13 heavy (non-hydrogen) atoms. The lowest BCUT2D eigenvalue weighted by molar-refractivity contribution is -0.342. The maximum Gasteiger partial charge on any atom is 0.443 e. The van der Waals surface area contributed by atoms with Crippen molar-refractivity contribution in [2.45, 2.75) is 18.4 Å². The van der Waals surface area contributed by atoms with Gasteiger partial charge in [0.05, 0.1) is 19.6 Å². The van der Waals surface area contributed by atoms with Crippen LogP contribution in [0.15, 0.2) is 0 Å². The molecule has 0 unspecified atom stereocenters. The Morgan fingerprint density at radius 2 is 1.85 bits per heavy atom. The summed E-state index contributed by atoms with van der Waals surface area (Å²) in [4.78, 5) is 10.4. The highest BCUT2D eigenvalue weighted by atomic mass is 19.4. The van der Waals surface area contributed by atoms with E-state index < -0.39 is 24.3 Å². The summed E-state index contributed by atoms with van der Waals surface area (Å²) < 4.78 is 45.7. The molecular formula is C6H8F3NO3. The minimum Gasteiger partial charge on any atom is -0.369 e. The number of carbonyl (C=O) groups is 1. The quantitative estimate of drug-likeness (QED) is 0.689. The van der Waals surface area contributed by atoms with Crippen LogP contribution in [0.25, 0.3) is 0 Å². The zero-order valence-corrected chi connectivity index (χ0v) is 6.56. The molecule has 0 spiro atoms. The summed E-state index contributed by atoms with van der Waals surface area (Å²) in [6, 6.07) is 0. The summed E-state index contributed by atoms with van der Waals surface area (Å²) in [7, 11) is 0. The van der Waals surface area contributed by atoms with Crippen molar-refractivity contribution in [1.82, 2.24) is 0 Å². The first-order valence-corrected chi connectivity index (χ1v) is 3.50. The van der Waals surface area contributed by atoms with Gasteiger partial charge in [-0.05, 0) is 0 Å². The molecule has 1 fully saturated rings.